The number of fused-ring (bicyclic) bond motifs is 3. The van der Waals surface area contributed by atoms with Crippen LogP contribution >= 0.6 is 0 Å². The number of aryl methyl sites for hydroxylation is 1. The Morgan fingerprint density at radius 3 is 3.00 bits per heavy atom. The first kappa shape index (κ1) is 12.3. The van der Waals surface area contributed by atoms with Crippen molar-refractivity contribution < 1.29 is 0 Å². The van der Waals surface area contributed by atoms with Gasteiger partial charge in [-0.2, -0.15) is 0 Å². The lowest BCUT2D eigenvalue weighted by atomic mass is 9.87. The molecule has 3 nitrogen and oxygen atoms in total. The van der Waals surface area contributed by atoms with Gasteiger partial charge < -0.3 is 0 Å². The molecule has 1 heterocycles. The molecule has 0 fully saturated rings. The van der Waals surface area contributed by atoms with Gasteiger partial charge in [-0.05, 0) is 47.7 Å². The van der Waals surface area contributed by atoms with E-state index < -0.39 is 0 Å². The standard InChI is InChI=1S/C18H17N3/c1-2-21-12-18(19-20-21)17-11-13-7-3-4-8-14(13)15-9-5-6-10-16(15)17/h3-5,7-9,11-12H,2,6,10H2,1H3. The fourth-order valence-corrected chi connectivity index (χ4v) is 3.11. The van der Waals surface area contributed by atoms with E-state index >= 15 is 0 Å². The predicted molar refractivity (Wildman–Crippen MR) is 86.0 cm³/mol. The molecule has 0 saturated carbocycles. The SMILES string of the molecule is CCn1cc(-c2cc3ccccc3c3c2CCC=C3)nn1. The number of hydrogen-bond donors (Lipinski definition) is 0. The van der Waals surface area contributed by atoms with Crippen LogP contribution in [0.25, 0.3) is 28.1 Å². The van der Waals surface area contributed by atoms with Gasteiger partial charge in [-0.1, -0.05) is 41.6 Å². The van der Waals surface area contributed by atoms with Crippen molar-refractivity contribution in [3.05, 3.63) is 53.7 Å². The van der Waals surface area contributed by atoms with E-state index in [1.807, 2.05) is 10.9 Å². The molecule has 3 aromatic rings. The highest BCUT2D eigenvalue weighted by molar-refractivity contribution is 5.96. The van der Waals surface area contributed by atoms with Gasteiger partial charge in [0.25, 0.3) is 0 Å². The summed E-state index contributed by atoms with van der Waals surface area (Å²) in [5, 5.41) is 11.1. The van der Waals surface area contributed by atoms with E-state index in [9.17, 15) is 0 Å². The second kappa shape index (κ2) is 4.85. The predicted octanol–water partition coefficient (Wildman–Crippen LogP) is 4.08. The number of hydrogen-bond acceptors (Lipinski definition) is 2. The molecular weight excluding hydrogens is 258 g/mol. The molecule has 1 aliphatic carbocycles. The molecule has 0 atom stereocenters. The maximum absolute atomic E-state index is 4.36. The number of nitrogens with zero attached hydrogens (tertiary/aromatic N) is 3. The fraction of sp³-hybridized carbons (Fsp3) is 0.222. The molecule has 0 saturated heterocycles. The quantitative estimate of drug-likeness (QED) is 0.705. The van der Waals surface area contributed by atoms with Gasteiger partial charge in [0.15, 0.2) is 0 Å². The minimum Gasteiger partial charge on any atom is -0.252 e. The van der Waals surface area contributed by atoms with Crippen LogP contribution in [-0.4, -0.2) is 15.0 Å². The van der Waals surface area contributed by atoms with Crippen LogP contribution in [-0.2, 0) is 13.0 Å². The summed E-state index contributed by atoms with van der Waals surface area (Å²) in [7, 11) is 0. The van der Waals surface area contributed by atoms with E-state index in [1.165, 1.54) is 27.5 Å². The third kappa shape index (κ3) is 1.97. The van der Waals surface area contributed by atoms with Crippen LogP contribution in [0, 0.1) is 0 Å². The van der Waals surface area contributed by atoms with Gasteiger partial charge in [0.1, 0.15) is 5.69 Å². The summed E-state index contributed by atoms with van der Waals surface area (Å²) in [5.41, 5.74) is 4.96. The van der Waals surface area contributed by atoms with Crippen molar-refractivity contribution in [3.63, 3.8) is 0 Å². The van der Waals surface area contributed by atoms with Gasteiger partial charge in [0.2, 0.25) is 0 Å². The molecule has 4 rings (SSSR count). The molecule has 0 bridgehead atoms. The largest absolute Gasteiger partial charge is 0.252 e. The van der Waals surface area contributed by atoms with Crippen LogP contribution in [0.15, 0.2) is 42.6 Å². The van der Waals surface area contributed by atoms with Crippen molar-refractivity contribution in [1.29, 1.82) is 0 Å². The number of aromatic nitrogens is 3. The maximum Gasteiger partial charge on any atom is 0.113 e. The zero-order valence-electron chi connectivity index (χ0n) is 12.1. The molecule has 0 N–H and O–H groups in total. The smallest absolute Gasteiger partial charge is 0.113 e. The topological polar surface area (TPSA) is 30.7 Å². The summed E-state index contributed by atoms with van der Waals surface area (Å²) in [6, 6.07) is 10.8. The number of allylic oxidation sites excluding steroid dienone is 1. The summed E-state index contributed by atoms with van der Waals surface area (Å²) in [6.45, 7) is 2.93. The van der Waals surface area contributed by atoms with Crippen LogP contribution in [0.3, 0.4) is 0 Å². The Morgan fingerprint density at radius 2 is 2.14 bits per heavy atom. The first-order chi connectivity index (χ1) is 10.4. The summed E-state index contributed by atoms with van der Waals surface area (Å²) in [6.07, 6.45) is 8.74. The Hall–Kier alpha value is -2.42. The van der Waals surface area contributed by atoms with Crippen LogP contribution < -0.4 is 0 Å². The van der Waals surface area contributed by atoms with Gasteiger partial charge >= 0.3 is 0 Å². The van der Waals surface area contributed by atoms with Crippen molar-refractivity contribution in [2.24, 2.45) is 0 Å². The average Bonchev–Trinajstić information content (AvgIpc) is 3.03. The van der Waals surface area contributed by atoms with E-state index in [0.29, 0.717) is 0 Å². The Bertz CT molecular complexity index is 843. The fourth-order valence-electron chi connectivity index (χ4n) is 3.11. The monoisotopic (exact) mass is 275 g/mol. The number of benzene rings is 2. The Labute approximate surface area is 123 Å². The van der Waals surface area contributed by atoms with E-state index in [1.54, 1.807) is 0 Å². The van der Waals surface area contributed by atoms with Crippen molar-refractivity contribution in [2.45, 2.75) is 26.3 Å². The summed E-state index contributed by atoms with van der Waals surface area (Å²) >= 11 is 0. The second-order valence-electron chi connectivity index (χ2n) is 5.44. The zero-order chi connectivity index (χ0) is 14.2. The molecule has 2 aromatic carbocycles. The Kier molecular flexibility index (Phi) is 2.85. The minimum absolute atomic E-state index is 0.850. The molecule has 104 valence electrons. The van der Waals surface area contributed by atoms with Gasteiger partial charge in [0.05, 0.1) is 6.20 Å². The Balaban J connectivity index is 2.02. The van der Waals surface area contributed by atoms with Crippen molar-refractivity contribution >= 4 is 16.8 Å². The normalized spacial score (nSPS) is 13.6. The second-order valence-corrected chi connectivity index (χ2v) is 5.44. The highest BCUT2D eigenvalue weighted by atomic mass is 15.4. The zero-order valence-corrected chi connectivity index (χ0v) is 12.1. The molecule has 1 aromatic heterocycles. The summed E-state index contributed by atoms with van der Waals surface area (Å²) in [5.74, 6) is 0. The van der Waals surface area contributed by atoms with Crippen LogP contribution in [0.4, 0.5) is 0 Å². The molecule has 0 unspecified atom stereocenters. The van der Waals surface area contributed by atoms with Crippen LogP contribution in [0.5, 0.6) is 0 Å². The van der Waals surface area contributed by atoms with E-state index in [4.69, 9.17) is 0 Å². The molecule has 1 aliphatic rings. The van der Waals surface area contributed by atoms with Gasteiger partial charge in [-0.15, -0.1) is 5.10 Å². The molecule has 0 amide bonds. The lowest BCUT2D eigenvalue weighted by molar-refractivity contribution is 0.627. The van der Waals surface area contributed by atoms with Crippen LogP contribution in [0.1, 0.15) is 24.5 Å². The Morgan fingerprint density at radius 1 is 1.24 bits per heavy atom. The van der Waals surface area contributed by atoms with Gasteiger partial charge in [-0.3, -0.25) is 4.68 Å². The molecule has 3 heteroatoms. The summed E-state index contributed by atoms with van der Waals surface area (Å²) < 4.78 is 1.88. The van der Waals surface area contributed by atoms with Gasteiger partial charge in [0, 0.05) is 12.1 Å². The van der Waals surface area contributed by atoms with Gasteiger partial charge in [-0.25, -0.2) is 0 Å². The van der Waals surface area contributed by atoms with E-state index in [-0.39, 0.29) is 0 Å². The maximum atomic E-state index is 4.36. The average molecular weight is 275 g/mol. The summed E-state index contributed by atoms with van der Waals surface area (Å²) in [4.78, 5) is 0. The molecular formula is C18H17N3. The number of rotatable bonds is 2. The molecule has 0 aliphatic heterocycles. The lowest BCUT2D eigenvalue weighted by Crippen LogP contribution is -1.99. The minimum atomic E-state index is 0.850. The highest BCUT2D eigenvalue weighted by Gasteiger charge is 2.16. The lowest BCUT2D eigenvalue weighted by Gasteiger charge is -2.17. The third-order valence-corrected chi connectivity index (χ3v) is 4.19. The molecule has 0 radical (unpaired) electrons. The van der Waals surface area contributed by atoms with Crippen molar-refractivity contribution in [3.8, 4) is 11.3 Å². The van der Waals surface area contributed by atoms with Crippen molar-refractivity contribution in [1.82, 2.24) is 15.0 Å². The van der Waals surface area contributed by atoms with E-state index in [0.717, 1.165) is 25.1 Å². The third-order valence-electron chi connectivity index (χ3n) is 4.19. The van der Waals surface area contributed by atoms with Crippen molar-refractivity contribution in [2.75, 3.05) is 0 Å². The molecule has 21 heavy (non-hydrogen) atoms. The van der Waals surface area contributed by atoms with E-state index in [2.05, 4.69) is 59.7 Å². The first-order valence-electron chi connectivity index (χ1n) is 7.48. The molecule has 0 spiro atoms. The first-order valence-corrected chi connectivity index (χ1v) is 7.48. The van der Waals surface area contributed by atoms with Crippen LogP contribution in [0.2, 0.25) is 0 Å². The highest BCUT2D eigenvalue weighted by Crippen LogP contribution is 2.35.